The van der Waals surface area contributed by atoms with Gasteiger partial charge >= 0.3 is 0 Å². The van der Waals surface area contributed by atoms with Crippen LogP contribution in [0.25, 0.3) is 0 Å². The molecule has 0 radical (unpaired) electrons. The second kappa shape index (κ2) is 8.60. The van der Waals surface area contributed by atoms with E-state index in [9.17, 15) is 13.5 Å². The minimum Gasteiger partial charge on any atom is -0.390 e. The van der Waals surface area contributed by atoms with Crippen molar-refractivity contribution in [3.8, 4) is 0 Å². The molecule has 1 saturated heterocycles. The summed E-state index contributed by atoms with van der Waals surface area (Å²) in [7, 11) is -2.14. The van der Waals surface area contributed by atoms with E-state index >= 15 is 0 Å². The second-order valence-electron chi connectivity index (χ2n) is 5.70. The van der Waals surface area contributed by atoms with Gasteiger partial charge in [0.25, 0.3) is 0 Å². The molecule has 1 aliphatic heterocycles. The van der Waals surface area contributed by atoms with Crippen molar-refractivity contribution in [1.29, 1.82) is 0 Å². The Bertz CT molecular complexity index is 571. The Morgan fingerprint density at radius 3 is 2.48 bits per heavy atom. The summed E-state index contributed by atoms with van der Waals surface area (Å²) in [6.45, 7) is 2.45. The number of rotatable bonds is 8. The normalized spacial score (nSPS) is 17.8. The van der Waals surface area contributed by atoms with Crippen molar-refractivity contribution >= 4 is 15.7 Å². The molecule has 0 spiro atoms. The Morgan fingerprint density at radius 2 is 1.87 bits per heavy atom. The molecule has 1 aliphatic rings. The van der Waals surface area contributed by atoms with Gasteiger partial charge in [0, 0.05) is 13.1 Å². The molecular formula is C15H25N3O4S. The number of anilines is 1. The zero-order valence-electron chi connectivity index (χ0n) is 13.4. The summed E-state index contributed by atoms with van der Waals surface area (Å²) < 4.78 is 26.9. The fraction of sp³-hybridized carbons (Fsp3) is 0.600. The quantitative estimate of drug-likeness (QED) is 0.605. The van der Waals surface area contributed by atoms with Gasteiger partial charge in [0.2, 0.25) is 10.0 Å². The van der Waals surface area contributed by atoms with E-state index in [-0.39, 0.29) is 11.4 Å². The van der Waals surface area contributed by atoms with E-state index in [0.717, 1.165) is 25.9 Å². The first kappa shape index (κ1) is 18.2. The van der Waals surface area contributed by atoms with Gasteiger partial charge in [0.1, 0.15) is 0 Å². The standard InChI is InChI=1S/C15H25N3O4S/c1-22-17-13-5-7-15(8-6-13)23(20,21)16-11-14(19)12-18-9-3-2-4-10-18/h5-8,14,16-17,19H,2-4,9-12H2,1H3. The third-order valence-corrected chi connectivity index (χ3v) is 5.25. The number of sulfonamides is 1. The number of benzene rings is 1. The van der Waals surface area contributed by atoms with E-state index < -0.39 is 16.1 Å². The van der Waals surface area contributed by atoms with E-state index in [2.05, 4.69) is 15.1 Å². The van der Waals surface area contributed by atoms with Crippen LogP contribution in [0.3, 0.4) is 0 Å². The van der Waals surface area contributed by atoms with Crippen LogP contribution in [0.5, 0.6) is 0 Å². The summed E-state index contributed by atoms with van der Waals surface area (Å²) in [5.41, 5.74) is 3.28. The third-order valence-electron chi connectivity index (χ3n) is 3.81. The largest absolute Gasteiger partial charge is 0.390 e. The van der Waals surface area contributed by atoms with Gasteiger partial charge in [0.05, 0.1) is 23.8 Å². The average molecular weight is 343 g/mol. The fourth-order valence-electron chi connectivity index (χ4n) is 2.61. The molecular weight excluding hydrogens is 318 g/mol. The van der Waals surface area contributed by atoms with Crippen LogP contribution in [0.1, 0.15) is 19.3 Å². The van der Waals surface area contributed by atoms with E-state index in [1.54, 1.807) is 12.1 Å². The van der Waals surface area contributed by atoms with Crippen LogP contribution in [0.4, 0.5) is 5.69 Å². The number of nitrogens with zero attached hydrogens (tertiary/aromatic N) is 1. The summed E-state index contributed by atoms with van der Waals surface area (Å²) in [4.78, 5) is 7.08. The minimum atomic E-state index is -3.62. The van der Waals surface area contributed by atoms with Crippen molar-refractivity contribution in [1.82, 2.24) is 9.62 Å². The van der Waals surface area contributed by atoms with Gasteiger partial charge in [-0.2, -0.15) is 0 Å². The monoisotopic (exact) mass is 343 g/mol. The minimum absolute atomic E-state index is 0.0108. The number of aliphatic hydroxyl groups is 1. The van der Waals surface area contributed by atoms with Crippen LogP contribution in [0, 0.1) is 0 Å². The highest BCUT2D eigenvalue weighted by molar-refractivity contribution is 7.89. The zero-order valence-corrected chi connectivity index (χ0v) is 14.2. The molecule has 7 nitrogen and oxygen atoms in total. The molecule has 23 heavy (non-hydrogen) atoms. The molecule has 130 valence electrons. The lowest BCUT2D eigenvalue weighted by molar-refractivity contribution is 0.104. The molecule has 8 heteroatoms. The van der Waals surface area contributed by atoms with Crippen molar-refractivity contribution in [3.63, 3.8) is 0 Å². The van der Waals surface area contributed by atoms with Crippen LogP contribution >= 0.6 is 0 Å². The highest BCUT2D eigenvalue weighted by Crippen LogP contribution is 2.14. The summed E-state index contributed by atoms with van der Waals surface area (Å²) in [6, 6.07) is 6.20. The smallest absolute Gasteiger partial charge is 0.240 e. The lowest BCUT2D eigenvalue weighted by Gasteiger charge is -2.28. The van der Waals surface area contributed by atoms with Gasteiger partial charge in [-0.3, -0.25) is 10.3 Å². The van der Waals surface area contributed by atoms with Crippen LogP contribution in [0.2, 0.25) is 0 Å². The number of hydrogen-bond donors (Lipinski definition) is 3. The lowest BCUT2D eigenvalue weighted by Crippen LogP contribution is -2.41. The lowest BCUT2D eigenvalue weighted by atomic mass is 10.1. The SMILES string of the molecule is CONc1ccc(S(=O)(=O)NCC(O)CN2CCCCC2)cc1. The molecule has 0 aromatic heterocycles. The van der Waals surface area contributed by atoms with Crippen molar-refractivity contribution in [2.45, 2.75) is 30.3 Å². The summed E-state index contributed by atoms with van der Waals surface area (Å²) in [5, 5.41) is 10.0. The Hall–Kier alpha value is -1.19. The topological polar surface area (TPSA) is 90.9 Å². The molecule has 0 bridgehead atoms. The summed E-state index contributed by atoms with van der Waals surface area (Å²) in [5.74, 6) is 0. The molecule has 0 aliphatic carbocycles. The van der Waals surface area contributed by atoms with Gasteiger partial charge in [-0.25, -0.2) is 13.1 Å². The van der Waals surface area contributed by atoms with E-state index in [0.29, 0.717) is 12.2 Å². The predicted molar refractivity (Wildman–Crippen MR) is 88.6 cm³/mol. The maximum atomic E-state index is 12.2. The van der Waals surface area contributed by atoms with Crippen LogP contribution in [0.15, 0.2) is 29.2 Å². The van der Waals surface area contributed by atoms with Crippen molar-refractivity contribution < 1.29 is 18.4 Å². The summed E-state index contributed by atoms with van der Waals surface area (Å²) >= 11 is 0. The number of β-amino-alcohol motifs (C(OH)–C–C–N with tert-alkyl or cyclic N) is 1. The Balaban J connectivity index is 1.84. The predicted octanol–water partition coefficient (Wildman–Crippen LogP) is 0.785. The van der Waals surface area contributed by atoms with Gasteiger partial charge in [-0.15, -0.1) is 0 Å². The highest BCUT2D eigenvalue weighted by atomic mass is 32.2. The Kier molecular flexibility index (Phi) is 6.79. The van der Waals surface area contributed by atoms with Crippen LogP contribution in [-0.4, -0.2) is 57.8 Å². The molecule has 1 unspecified atom stereocenters. The maximum Gasteiger partial charge on any atom is 0.240 e. The highest BCUT2D eigenvalue weighted by Gasteiger charge is 2.18. The molecule has 1 heterocycles. The number of aliphatic hydroxyl groups excluding tert-OH is 1. The first-order valence-corrected chi connectivity index (χ1v) is 9.29. The van der Waals surface area contributed by atoms with Gasteiger partial charge < -0.3 is 10.0 Å². The first-order chi connectivity index (χ1) is 11.0. The van der Waals surface area contributed by atoms with Crippen LogP contribution < -0.4 is 10.2 Å². The second-order valence-corrected chi connectivity index (χ2v) is 7.46. The van der Waals surface area contributed by atoms with Crippen molar-refractivity contribution in [2.24, 2.45) is 0 Å². The number of hydrogen-bond acceptors (Lipinski definition) is 6. The van der Waals surface area contributed by atoms with E-state index in [4.69, 9.17) is 4.84 Å². The molecule has 1 aromatic carbocycles. The molecule has 1 aromatic rings. The average Bonchev–Trinajstić information content (AvgIpc) is 2.55. The fourth-order valence-corrected chi connectivity index (χ4v) is 3.69. The molecule has 0 saturated carbocycles. The molecule has 0 amide bonds. The molecule has 1 atom stereocenters. The van der Waals surface area contributed by atoms with E-state index in [1.807, 2.05) is 0 Å². The maximum absolute atomic E-state index is 12.2. The third kappa shape index (κ3) is 5.74. The zero-order chi connectivity index (χ0) is 16.7. The van der Waals surface area contributed by atoms with Gasteiger partial charge in [-0.1, -0.05) is 6.42 Å². The Morgan fingerprint density at radius 1 is 1.22 bits per heavy atom. The Labute approximate surface area is 137 Å². The van der Waals surface area contributed by atoms with Crippen LogP contribution in [-0.2, 0) is 14.9 Å². The number of piperidine rings is 1. The number of likely N-dealkylation sites (tertiary alicyclic amines) is 1. The molecule has 1 fully saturated rings. The van der Waals surface area contributed by atoms with Crippen molar-refractivity contribution in [2.75, 3.05) is 38.8 Å². The van der Waals surface area contributed by atoms with Gasteiger partial charge in [0.15, 0.2) is 0 Å². The molecule has 2 rings (SSSR count). The first-order valence-electron chi connectivity index (χ1n) is 7.80. The van der Waals surface area contributed by atoms with Gasteiger partial charge in [-0.05, 0) is 50.2 Å². The van der Waals surface area contributed by atoms with E-state index in [1.165, 1.54) is 25.7 Å². The van der Waals surface area contributed by atoms with Crippen molar-refractivity contribution in [3.05, 3.63) is 24.3 Å². The number of nitrogens with one attached hydrogen (secondary N) is 2. The summed E-state index contributed by atoms with van der Waals surface area (Å²) in [6.07, 6.45) is 2.80. The molecule has 3 N–H and O–H groups in total.